The van der Waals surface area contributed by atoms with Crippen molar-refractivity contribution < 1.29 is 4.79 Å². The highest BCUT2D eigenvalue weighted by Crippen LogP contribution is 2.24. The number of pyridine rings is 1. The quantitative estimate of drug-likeness (QED) is 0.899. The van der Waals surface area contributed by atoms with Gasteiger partial charge in [-0.15, -0.1) is 0 Å². The van der Waals surface area contributed by atoms with Gasteiger partial charge < -0.3 is 9.88 Å². The van der Waals surface area contributed by atoms with Gasteiger partial charge in [-0.3, -0.25) is 9.59 Å². The molecule has 0 aromatic carbocycles. The first-order valence-corrected chi connectivity index (χ1v) is 7.28. The highest BCUT2D eigenvalue weighted by atomic mass is 32.2. The first kappa shape index (κ1) is 13.2. The van der Waals surface area contributed by atoms with Crippen LogP contribution in [0.1, 0.15) is 29.6 Å². The van der Waals surface area contributed by atoms with E-state index in [9.17, 15) is 9.59 Å². The van der Waals surface area contributed by atoms with Crippen molar-refractivity contribution in [3.05, 3.63) is 34.2 Å². The maximum Gasteiger partial charge on any atom is 0.251 e. The lowest BCUT2D eigenvalue weighted by Crippen LogP contribution is -2.32. The second-order valence-electron chi connectivity index (χ2n) is 4.56. The normalized spacial score (nSPS) is 19.5. The molecule has 1 N–H and O–H groups in total. The van der Waals surface area contributed by atoms with E-state index in [1.807, 2.05) is 11.8 Å². The highest BCUT2D eigenvalue weighted by Gasteiger charge is 2.15. The summed E-state index contributed by atoms with van der Waals surface area (Å²) in [4.78, 5) is 23.3. The molecular weight excluding hydrogens is 248 g/mol. The van der Waals surface area contributed by atoms with E-state index >= 15 is 0 Å². The van der Waals surface area contributed by atoms with Crippen molar-refractivity contribution in [2.24, 2.45) is 7.05 Å². The van der Waals surface area contributed by atoms with Gasteiger partial charge in [0.05, 0.1) is 0 Å². The van der Waals surface area contributed by atoms with E-state index in [1.165, 1.54) is 35.6 Å². The van der Waals surface area contributed by atoms with Crippen molar-refractivity contribution in [2.45, 2.75) is 24.5 Å². The maximum absolute atomic E-state index is 11.9. The Kier molecular flexibility index (Phi) is 4.47. The summed E-state index contributed by atoms with van der Waals surface area (Å²) < 4.78 is 1.45. The molecule has 2 heterocycles. The van der Waals surface area contributed by atoms with Crippen LogP contribution < -0.4 is 10.9 Å². The average Bonchev–Trinajstić information content (AvgIpc) is 2.40. The van der Waals surface area contributed by atoms with Crippen LogP contribution in [0.4, 0.5) is 0 Å². The highest BCUT2D eigenvalue weighted by molar-refractivity contribution is 7.99. The topological polar surface area (TPSA) is 51.1 Å². The third-order valence-corrected chi connectivity index (χ3v) is 4.53. The third kappa shape index (κ3) is 3.38. The van der Waals surface area contributed by atoms with E-state index in [4.69, 9.17) is 0 Å². The molecule has 98 valence electrons. The fraction of sp³-hybridized carbons (Fsp3) is 0.538. The van der Waals surface area contributed by atoms with Crippen LogP contribution in [0.5, 0.6) is 0 Å². The van der Waals surface area contributed by atoms with Gasteiger partial charge in [-0.2, -0.15) is 11.8 Å². The number of thioether (sulfide) groups is 1. The minimum Gasteiger partial charge on any atom is -0.351 e. The zero-order valence-electron chi connectivity index (χ0n) is 10.5. The van der Waals surface area contributed by atoms with Gasteiger partial charge in [0, 0.05) is 36.7 Å². The first-order valence-electron chi connectivity index (χ1n) is 6.23. The standard InChI is InChI=1S/C13H18N2O2S/c1-15-6-5-10(8-12(15)16)13(17)14-9-11-4-2-3-7-18-11/h5-6,8,11H,2-4,7,9H2,1H3,(H,14,17). The maximum atomic E-state index is 11.9. The molecule has 0 aliphatic carbocycles. The summed E-state index contributed by atoms with van der Waals surface area (Å²) in [5.74, 6) is 1.03. The van der Waals surface area contributed by atoms with Crippen molar-refractivity contribution in [3.8, 4) is 0 Å². The van der Waals surface area contributed by atoms with E-state index in [1.54, 1.807) is 19.3 Å². The van der Waals surface area contributed by atoms with Gasteiger partial charge in [-0.05, 0) is 24.7 Å². The summed E-state index contributed by atoms with van der Waals surface area (Å²) in [5, 5.41) is 3.43. The molecule has 0 saturated carbocycles. The number of rotatable bonds is 3. The minimum atomic E-state index is -0.158. The molecule has 0 radical (unpaired) electrons. The average molecular weight is 266 g/mol. The van der Waals surface area contributed by atoms with Gasteiger partial charge in [0.2, 0.25) is 0 Å². The van der Waals surface area contributed by atoms with Gasteiger partial charge in [0.1, 0.15) is 0 Å². The van der Waals surface area contributed by atoms with Crippen LogP contribution in [-0.2, 0) is 7.05 Å². The van der Waals surface area contributed by atoms with Crippen LogP contribution in [0.3, 0.4) is 0 Å². The number of nitrogens with one attached hydrogen (secondary N) is 1. The Morgan fingerprint density at radius 1 is 1.56 bits per heavy atom. The minimum absolute atomic E-state index is 0.154. The Morgan fingerprint density at radius 2 is 2.39 bits per heavy atom. The van der Waals surface area contributed by atoms with Crippen molar-refractivity contribution in [1.82, 2.24) is 9.88 Å². The lowest BCUT2D eigenvalue weighted by molar-refractivity contribution is 0.0953. The number of carbonyl (C=O) groups excluding carboxylic acids is 1. The molecular formula is C13H18N2O2S. The predicted molar refractivity (Wildman–Crippen MR) is 74.1 cm³/mol. The van der Waals surface area contributed by atoms with E-state index in [0.29, 0.717) is 17.4 Å². The summed E-state index contributed by atoms with van der Waals surface area (Å²) in [6.45, 7) is 0.693. The summed E-state index contributed by atoms with van der Waals surface area (Å²) >= 11 is 1.93. The van der Waals surface area contributed by atoms with Crippen molar-refractivity contribution in [3.63, 3.8) is 0 Å². The largest absolute Gasteiger partial charge is 0.351 e. The molecule has 1 atom stereocenters. The van der Waals surface area contributed by atoms with Crippen molar-refractivity contribution in [2.75, 3.05) is 12.3 Å². The molecule has 0 bridgehead atoms. The Balaban J connectivity index is 1.90. The zero-order valence-corrected chi connectivity index (χ0v) is 11.3. The Bertz CT molecular complexity index is 478. The van der Waals surface area contributed by atoms with Gasteiger partial charge in [0.25, 0.3) is 11.5 Å². The van der Waals surface area contributed by atoms with Gasteiger partial charge >= 0.3 is 0 Å². The Hall–Kier alpha value is -1.23. The molecule has 1 unspecified atom stereocenters. The number of aryl methyl sites for hydroxylation is 1. The Morgan fingerprint density at radius 3 is 3.06 bits per heavy atom. The van der Waals surface area contributed by atoms with Gasteiger partial charge in [-0.1, -0.05) is 6.42 Å². The molecule has 18 heavy (non-hydrogen) atoms. The molecule has 1 saturated heterocycles. The van der Waals surface area contributed by atoms with Gasteiger partial charge in [0.15, 0.2) is 0 Å². The summed E-state index contributed by atoms with van der Waals surface area (Å²) in [6.07, 6.45) is 5.32. The molecule has 1 aromatic rings. The van der Waals surface area contributed by atoms with E-state index < -0.39 is 0 Å². The molecule has 1 aromatic heterocycles. The number of hydrogen-bond acceptors (Lipinski definition) is 3. The molecule has 1 aliphatic rings. The van der Waals surface area contributed by atoms with Crippen molar-refractivity contribution in [1.29, 1.82) is 0 Å². The van der Waals surface area contributed by atoms with E-state index in [-0.39, 0.29) is 11.5 Å². The number of hydrogen-bond donors (Lipinski definition) is 1. The zero-order chi connectivity index (χ0) is 13.0. The third-order valence-electron chi connectivity index (χ3n) is 3.13. The van der Waals surface area contributed by atoms with Crippen LogP contribution in [0.2, 0.25) is 0 Å². The smallest absolute Gasteiger partial charge is 0.251 e. The summed E-state index contributed by atoms with van der Waals surface area (Å²) in [7, 11) is 1.67. The number of nitrogens with zero attached hydrogens (tertiary/aromatic N) is 1. The number of aromatic nitrogens is 1. The summed E-state index contributed by atoms with van der Waals surface area (Å²) in [5.41, 5.74) is 0.286. The number of carbonyl (C=O) groups is 1. The lowest BCUT2D eigenvalue weighted by Gasteiger charge is -2.21. The second kappa shape index (κ2) is 6.09. The molecule has 5 heteroatoms. The molecule has 1 amide bonds. The van der Waals surface area contributed by atoms with E-state index in [2.05, 4.69) is 5.32 Å². The fourth-order valence-electron chi connectivity index (χ4n) is 1.97. The molecule has 1 aliphatic heterocycles. The van der Waals surface area contributed by atoms with Crippen LogP contribution in [0.15, 0.2) is 23.1 Å². The van der Waals surface area contributed by atoms with Crippen molar-refractivity contribution >= 4 is 17.7 Å². The fourth-order valence-corrected chi connectivity index (χ4v) is 3.21. The lowest BCUT2D eigenvalue weighted by atomic mass is 10.2. The van der Waals surface area contributed by atoms with Crippen LogP contribution in [-0.4, -0.2) is 28.0 Å². The molecule has 1 fully saturated rings. The van der Waals surface area contributed by atoms with Crippen LogP contribution in [0.25, 0.3) is 0 Å². The second-order valence-corrected chi connectivity index (χ2v) is 5.97. The monoisotopic (exact) mass is 266 g/mol. The Labute approximate surface area is 111 Å². The molecule has 4 nitrogen and oxygen atoms in total. The first-order chi connectivity index (χ1) is 8.66. The summed E-state index contributed by atoms with van der Waals surface area (Å²) in [6, 6.07) is 3.05. The molecule has 2 rings (SSSR count). The predicted octanol–water partition coefficient (Wildman–Crippen LogP) is 1.40. The van der Waals surface area contributed by atoms with E-state index in [0.717, 1.165) is 0 Å². The SMILES string of the molecule is Cn1ccc(C(=O)NCC2CCCCS2)cc1=O. The molecule has 0 spiro atoms. The van der Waals surface area contributed by atoms with Gasteiger partial charge in [-0.25, -0.2) is 0 Å². The van der Waals surface area contributed by atoms with Crippen LogP contribution >= 0.6 is 11.8 Å². The number of amides is 1. The van der Waals surface area contributed by atoms with Crippen LogP contribution in [0, 0.1) is 0 Å².